The van der Waals surface area contributed by atoms with Crippen molar-refractivity contribution in [1.82, 2.24) is 10.1 Å². The van der Waals surface area contributed by atoms with Crippen molar-refractivity contribution in [1.29, 1.82) is 0 Å². The van der Waals surface area contributed by atoms with Gasteiger partial charge in [-0.3, -0.25) is 4.79 Å². The summed E-state index contributed by atoms with van der Waals surface area (Å²) in [6.07, 6.45) is 2.42. The molecule has 0 aliphatic carbocycles. The van der Waals surface area contributed by atoms with Crippen LogP contribution in [0.2, 0.25) is 5.02 Å². The van der Waals surface area contributed by atoms with Crippen LogP contribution in [0.25, 0.3) is 11.3 Å². The Kier molecular flexibility index (Phi) is 5.58. The van der Waals surface area contributed by atoms with E-state index < -0.39 is 0 Å². The second-order valence-corrected chi connectivity index (χ2v) is 7.83. The first-order chi connectivity index (χ1) is 14.1. The van der Waals surface area contributed by atoms with Gasteiger partial charge in [0.1, 0.15) is 17.0 Å². The number of carbonyl (C=O) groups is 1. The van der Waals surface area contributed by atoms with E-state index >= 15 is 0 Å². The lowest BCUT2D eigenvalue weighted by Crippen LogP contribution is -2.28. The number of nitrogens with zero attached hydrogens (tertiary/aromatic N) is 3. The van der Waals surface area contributed by atoms with Crippen LogP contribution in [0.15, 0.2) is 53.1 Å². The highest BCUT2D eigenvalue weighted by molar-refractivity contribution is 6.33. The van der Waals surface area contributed by atoms with Crippen molar-refractivity contribution >= 4 is 23.2 Å². The van der Waals surface area contributed by atoms with Crippen LogP contribution < -0.4 is 4.90 Å². The van der Waals surface area contributed by atoms with E-state index in [9.17, 15) is 4.79 Å². The molecule has 6 heteroatoms. The van der Waals surface area contributed by atoms with Crippen molar-refractivity contribution in [2.45, 2.75) is 26.3 Å². The highest BCUT2D eigenvalue weighted by Crippen LogP contribution is 2.32. The first-order valence-corrected chi connectivity index (χ1v) is 10.2. The minimum atomic E-state index is -0.130. The van der Waals surface area contributed by atoms with Gasteiger partial charge in [-0.15, -0.1) is 0 Å². The standard InChI is InChI=1S/C23H24ClN3O2/c1-16-21(22(25-29-16)18-10-4-5-11-19(18)24)23(28)26(2)15-17-9-3-6-12-20(17)27-13-7-8-14-27/h3-6,9-12H,7-8,13-15H2,1-2H3. The summed E-state index contributed by atoms with van der Waals surface area (Å²) < 4.78 is 5.37. The number of benzene rings is 2. The average molecular weight is 410 g/mol. The van der Waals surface area contributed by atoms with Gasteiger partial charge in [0.2, 0.25) is 0 Å². The summed E-state index contributed by atoms with van der Waals surface area (Å²) in [6, 6.07) is 15.7. The second-order valence-electron chi connectivity index (χ2n) is 7.43. The number of rotatable bonds is 5. The van der Waals surface area contributed by atoms with Crippen molar-refractivity contribution in [3.8, 4) is 11.3 Å². The molecule has 5 nitrogen and oxygen atoms in total. The molecule has 1 amide bonds. The monoisotopic (exact) mass is 409 g/mol. The topological polar surface area (TPSA) is 49.6 Å². The Morgan fingerprint density at radius 1 is 1.14 bits per heavy atom. The van der Waals surface area contributed by atoms with E-state index in [0.29, 0.717) is 34.1 Å². The molecule has 0 atom stereocenters. The first-order valence-electron chi connectivity index (χ1n) is 9.85. The molecule has 1 aliphatic rings. The van der Waals surface area contributed by atoms with Crippen molar-refractivity contribution in [3.63, 3.8) is 0 Å². The van der Waals surface area contributed by atoms with Gasteiger partial charge in [0.25, 0.3) is 5.91 Å². The number of anilines is 1. The largest absolute Gasteiger partial charge is 0.371 e. The van der Waals surface area contributed by atoms with E-state index in [0.717, 1.165) is 18.7 Å². The summed E-state index contributed by atoms with van der Waals surface area (Å²) in [5.41, 5.74) is 3.98. The highest BCUT2D eigenvalue weighted by Gasteiger charge is 2.26. The SMILES string of the molecule is Cc1onc(-c2ccccc2Cl)c1C(=O)N(C)Cc1ccccc1N1CCCC1. The summed E-state index contributed by atoms with van der Waals surface area (Å²) in [6.45, 7) is 4.40. The minimum Gasteiger partial charge on any atom is -0.371 e. The molecule has 1 aliphatic heterocycles. The van der Waals surface area contributed by atoms with Crippen LogP contribution in [-0.2, 0) is 6.54 Å². The van der Waals surface area contributed by atoms with Gasteiger partial charge < -0.3 is 14.3 Å². The Morgan fingerprint density at radius 2 is 1.83 bits per heavy atom. The molecule has 0 N–H and O–H groups in total. The maximum absolute atomic E-state index is 13.3. The third-order valence-corrected chi connectivity index (χ3v) is 5.73. The Bertz CT molecular complexity index is 1020. The lowest BCUT2D eigenvalue weighted by atomic mass is 10.0. The third kappa shape index (κ3) is 3.87. The van der Waals surface area contributed by atoms with Crippen LogP contribution >= 0.6 is 11.6 Å². The average Bonchev–Trinajstić information content (AvgIpc) is 3.38. The molecule has 0 spiro atoms. The number of halogens is 1. The molecule has 150 valence electrons. The molecule has 29 heavy (non-hydrogen) atoms. The van der Waals surface area contributed by atoms with E-state index in [1.807, 2.05) is 31.3 Å². The summed E-state index contributed by atoms with van der Waals surface area (Å²) in [4.78, 5) is 17.5. The zero-order valence-electron chi connectivity index (χ0n) is 16.7. The summed E-state index contributed by atoms with van der Waals surface area (Å²) in [5.74, 6) is 0.361. The van der Waals surface area contributed by atoms with Gasteiger partial charge in [0, 0.05) is 37.9 Å². The van der Waals surface area contributed by atoms with Crippen molar-refractivity contribution in [2.24, 2.45) is 0 Å². The molecule has 0 radical (unpaired) electrons. The summed E-state index contributed by atoms with van der Waals surface area (Å²) >= 11 is 6.34. The van der Waals surface area contributed by atoms with E-state index in [1.165, 1.54) is 18.5 Å². The Morgan fingerprint density at radius 3 is 2.59 bits per heavy atom. The lowest BCUT2D eigenvalue weighted by molar-refractivity contribution is 0.0784. The molecule has 0 unspecified atom stereocenters. The van der Waals surface area contributed by atoms with Crippen LogP contribution in [0.4, 0.5) is 5.69 Å². The smallest absolute Gasteiger partial charge is 0.259 e. The third-order valence-electron chi connectivity index (χ3n) is 5.40. The molecular formula is C23H24ClN3O2. The second kappa shape index (κ2) is 8.29. The molecule has 1 saturated heterocycles. The normalized spacial score (nSPS) is 13.7. The van der Waals surface area contributed by atoms with Crippen LogP contribution in [-0.4, -0.2) is 36.1 Å². The Hall–Kier alpha value is -2.79. The molecular weight excluding hydrogens is 386 g/mol. The van der Waals surface area contributed by atoms with Gasteiger partial charge in [-0.25, -0.2) is 0 Å². The number of aryl methyl sites for hydroxylation is 1. The number of carbonyl (C=O) groups excluding carboxylic acids is 1. The van der Waals surface area contributed by atoms with E-state index in [2.05, 4.69) is 28.3 Å². The molecule has 0 bridgehead atoms. The van der Waals surface area contributed by atoms with Crippen molar-refractivity contribution < 1.29 is 9.32 Å². The lowest BCUT2D eigenvalue weighted by Gasteiger charge is -2.24. The molecule has 1 aromatic heterocycles. The maximum Gasteiger partial charge on any atom is 0.259 e. The van der Waals surface area contributed by atoms with Crippen molar-refractivity contribution in [2.75, 3.05) is 25.0 Å². The van der Waals surface area contributed by atoms with Gasteiger partial charge in [-0.1, -0.05) is 53.2 Å². The zero-order valence-corrected chi connectivity index (χ0v) is 17.4. The fourth-order valence-corrected chi connectivity index (χ4v) is 4.12. The number of amides is 1. The Balaban J connectivity index is 1.62. The molecule has 1 fully saturated rings. The fourth-order valence-electron chi connectivity index (χ4n) is 3.89. The van der Waals surface area contributed by atoms with Crippen molar-refractivity contribution in [3.05, 3.63) is 70.4 Å². The first kappa shape index (κ1) is 19.5. The van der Waals surface area contributed by atoms with Crippen LogP contribution in [0, 0.1) is 6.92 Å². The Labute approximate surface area is 175 Å². The van der Waals surface area contributed by atoms with Gasteiger partial charge in [-0.05, 0) is 37.5 Å². The quantitative estimate of drug-likeness (QED) is 0.582. The van der Waals surface area contributed by atoms with Crippen LogP contribution in [0.1, 0.15) is 34.5 Å². The minimum absolute atomic E-state index is 0.130. The van der Waals surface area contributed by atoms with E-state index in [1.54, 1.807) is 17.9 Å². The number of hydrogen-bond donors (Lipinski definition) is 0. The van der Waals surface area contributed by atoms with E-state index in [-0.39, 0.29) is 5.91 Å². The molecule has 3 aromatic rings. The summed E-state index contributed by atoms with van der Waals surface area (Å²) in [5, 5.41) is 4.66. The van der Waals surface area contributed by atoms with E-state index in [4.69, 9.17) is 16.1 Å². The molecule has 0 saturated carbocycles. The molecule has 2 aromatic carbocycles. The van der Waals surface area contributed by atoms with Crippen LogP contribution in [0.3, 0.4) is 0 Å². The fraction of sp³-hybridized carbons (Fsp3) is 0.304. The van der Waals surface area contributed by atoms with Gasteiger partial charge in [-0.2, -0.15) is 0 Å². The number of para-hydroxylation sites is 1. The maximum atomic E-state index is 13.3. The predicted octanol–water partition coefficient (Wildman–Crippen LogP) is 5.18. The number of aromatic nitrogens is 1. The summed E-state index contributed by atoms with van der Waals surface area (Å²) in [7, 11) is 1.81. The van der Waals surface area contributed by atoms with Gasteiger partial charge in [0.05, 0.1) is 5.02 Å². The predicted molar refractivity (Wildman–Crippen MR) is 115 cm³/mol. The molecule has 2 heterocycles. The zero-order chi connectivity index (χ0) is 20.4. The highest BCUT2D eigenvalue weighted by atomic mass is 35.5. The molecule has 4 rings (SSSR count). The van der Waals surface area contributed by atoms with Gasteiger partial charge >= 0.3 is 0 Å². The number of hydrogen-bond acceptors (Lipinski definition) is 4. The van der Waals surface area contributed by atoms with Gasteiger partial charge in [0.15, 0.2) is 0 Å². The van der Waals surface area contributed by atoms with Crippen LogP contribution in [0.5, 0.6) is 0 Å².